The Morgan fingerprint density at radius 2 is 1.82 bits per heavy atom. The number of carbonyl (C=O) groups excluding carboxylic acids is 1. The number of rotatable bonds is 16. The lowest BCUT2D eigenvalue weighted by atomic mass is 10.1. The Morgan fingerprint density at radius 1 is 1.05 bits per heavy atom. The minimum absolute atomic E-state index is 0.0371. The number of aliphatic hydroxyl groups excluding tert-OH is 1. The van der Waals surface area contributed by atoms with E-state index in [9.17, 15) is 23.4 Å². The smallest absolute Gasteiger partial charge is 0.338 e. The molecule has 2 aromatic rings. The van der Waals surface area contributed by atoms with Crippen LogP contribution >= 0.6 is 0 Å². The van der Waals surface area contributed by atoms with Crippen LogP contribution in [-0.2, 0) is 19.5 Å². The van der Waals surface area contributed by atoms with Crippen LogP contribution in [-0.4, -0.2) is 63.8 Å². The summed E-state index contributed by atoms with van der Waals surface area (Å²) < 4.78 is 35.8. The highest BCUT2D eigenvalue weighted by atomic mass is 32.2. The number of ether oxygens (including phenoxy) is 2. The van der Waals surface area contributed by atoms with Crippen molar-refractivity contribution >= 4 is 21.7 Å². The molecule has 0 saturated carbocycles. The van der Waals surface area contributed by atoms with Crippen LogP contribution in [0.4, 0.5) is 5.69 Å². The number of sulfonamides is 1. The Bertz CT molecular complexity index is 1170. The highest BCUT2D eigenvalue weighted by Crippen LogP contribution is 2.27. The highest BCUT2D eigenvalue weighted by molar-refractivity contribution is 7.92. The molecule has 0 saturated heterocycles. The number of carbonyl (C=O) groups is 1. The van der Waals surface area contributed by atoms with Crippen molar-refractivity contribution in [3.63, 3.8) is 0 Å². The number of phenols is 1. The maximum Gasteiger partial charge on any atom is 0.338 e. The van der Waals surface area contributed by atoms with E-state index < -0.39 is 16.1 Å². The average Bonchev–Trinajstić information content (AvgIpc) is 2.88. The number of nitrogens with one attached hydrogen (secondary N) is 2. The molecule has 0 spiro atoms. The number of hydrogen-bond acceptors (Lipinski definition) is 8. The van der Waals surface area contributed by atoms with Crippen LogP contribution in [0.5, 0.6) is 5.75 Å². The molecule has 0 amide bonds. The summed E-state index contributed by atoms with van der Waals surface area (Å²) in [6.45, 7) is 4.62. The van der Waals surface area contributed by atoms with Crippen molar-refractivity contribution in [1.29, 1.82) is 0 Å². The first-order valence-corrected chi connectivity index (χ1v) is 14.6. The van der Waals surface area contributed by atoms with Gasteiger partial charge in [-0.05, 0) is 74.2 Å². The zero-order valence-corrected chi connectivity index (χ0v) is 22.9. The first-order valence-electron chi connectivity index (χ1n) is 12.7. The van der Waals surface area contributed by atoms with E-state index in [1.165, 1.54) is 12.1 Å². The highest BCUT2D eigenvalue weighted by Gasteiger charge is 2.12. The quantitative estimate of drug-likeness (QED) is 0.109. The summed E-state index contributed by atoms with van der Waals surface area (Å²) in [5, 5.41) is 23.3. The van der Waals surface area contributed by atoms with Crippen molar-refractivity contribution in [1.82, 2.24) is 5.32 Å². The van der Waals surface area contributed by atoms with Gasteiger partial charge < -0.3 is 25.0 Å². The van der Waals surface area contributed by atoms with Gasteiger partial charge in [0.05, 0.1) is 36.8 Å². The van der Waals surface area contributed by atoms with Crippen LogP contribution in [0.3, 0.4) is 0 Å². The SMILES string of the molecule is CCCOC(=O)c1ccc(C#CCCOCCCCCNCC(O)c2ccc(O)c(NS(C)(=O)=O)c2)cc1. The van der Waals surface area contributed by atoms with E-state index in [1.54, 1.807) is 18.2 Å². The van der Waals surface area contributed by atoms with Crippen LogP contribution in [0.15, 0.2) is 42.5 Å². The summed E-state index contributed by atoms with van der Waals surface area (Å²) in [6.07, 6.45) is 4.40. The van der Waals surface area contributed by atoms with Gasteiger partial charge in [-0.1, -0.05) is 24.8 Å². The number of phenolic OH excluding ortho intramolecular Hbond substituents is 1. The predicted molar refractivity (Wildman–Crippen MR) is 148 cm³/mol. The van der Waals surface area contributed by atoms with E-state index in [-0.39, 0.29) is 17.4 Å². The Morgan fingerprint density at radius 3 is 2.53 bits per heavy atom. The van der Waals surface area contributed by atoms with E-state index in [0.717, 1.165) is 44.0 Å². The minimum Gasteiger partial charge on any atom is -0.506 e. The molecule has 9 nitrogen and oxygen atoms in total. The van der Waals surface area contributed by atoms with E-state index in [1.807, 2.05) is 19.1 Å². The third-order valence-corrected chi connectivity index (χ3v) is 5.93. The zero-order valence-electron chi connectivity index (χ0n) is 22.0. The molecule has 0 aliphatic carbocycles. The number of aromatic hydroxyl groups is 1. The van der Waals surface area contributed by atoms with Crippen molar-refractivity contribution in [3.05, 3.63) is 59.2 Å². The van der Waals surface area contributed by atoms with Gasteiger partial charge in [-0.3, -0.25) is 4.72 Å². The molecule has 38 heavy (non-hydrogen) atoms. The third kappa shape index (κ3) is 12.4. The van der Waals surface area contributed by atoms with Crippen molar-refractivity contribution in [2.45, 2.75) is 45.1 Å². The van der Waals surface area contributed by atoms with Gasteiger partial charge >= 0.3 is 5.97 Å². The zero-order chi connectivity index (χ0) is 27.8. The molecule has 2 aromatic carbocycles. The summed E-state index contributed by atoms with van der Waals surface area (Å²) >= 11 is 0. The predicted octanol–water partition coefficient (Wildman–Crippen LogP) is 3.58. The standard InChI is InChI=1S/C28H38N2O7S/c1-3-17-37-28(33)23-12-10-22(11-13-23)9-5-8-19-36-18-7-4-6-16-29-21-27(32)24-14-15-26(31)25(20-24)30-38(2,34)35/h10-15,20,27,29-32H,3-4,6-8,16-19,21H2,1-2H3. The number of anilines is 1. The van der Waals surface area contributed by atoms with Crippen molar-refractivity contribution in [2.24, 2.45) is 0 Å². The van der Waals surface area contributed by atoms with Gasteiger partial charge in [0.25, 0.3) is 0 Å². The van der Waals surface area contributed by atoms with Gasteiger partial charge in [-0.2, -0.15) is 0 Å². The summed E-state index contributed by atoms with van der Waals surface area (Å²) in [7, 11) is -3.54. The van der Waals surface area contributed by atoms with Crippen LogP contribution in [0.2, 0.25) is 0 Å². The van der Waals surface area contributed by atoms with Crippen LogP contribution < -0.4 is 10.0 Å². The molecular formula is C28H38N2O7S. The average molecular weight is 547 g/mol. The van der Waals surface area contributed by atoms with Crippen molar-refractivity contribution < 1.29 is 32.9 Å². The maximum absolute atomic E-state index is 11.8. The minimum atomic E-state index is -3.54. The lowest BCUT2D eigenvalue weighted by molar-refractivity contribution is 0.0505. The van der Waals surface area contributed by atoms with Gasteiger partial charge in [-0.25, -0.2) is 13.2 Å². The molecule has 0 bridgehead atoms. The molecule has 10 heteroatoms. The normalized spacial score (nSPS) is 11.9. The van der Waals surface area contributed by atoms with Crippen LogP contribution in [0.25, 0.3) is 0 Å². The summed E-state index contributed by atoms with van der Waals surface area (Å²) in [6, 6.07) is 11.4. The summed E-state index contributed by atoms with van der Waals surface area (Å²) in [5.74, 6) is 5.61. The van der Waals surface area contributed by atoms with Gasteiger partial charge in [0, 0.05) is 25.1 Å². The molecule has 0 radical (unpaired) electrons. The fraction of sp³-hybridized carbons (Fsp3) is 0.464. The van der Waals surface area contributed by atoms with Gasteiger partial charge in [0.15, 0.2) is 0 Å². The Balaban J connectivity index is 1.53. The topological polar surface area (TPSA) is 134 Å². The van der Waals surface area contributed by atoms with Crippen LogP contribution in [0, 0.1) is 11.8 Å². The van der Waals surface area contributed by atoms with E-state index in [2.05, 4.69) is 21.9 Å². The lowest BCUT2D eigenvalue weighted by Crippen LogP contribution is -2.22. The second-order valence-electron chi connectivity index (χ2n) is 8.81. The monoisotopic (exact) mass is 546 g/mol. The Labute approximate surface area is 225 Å². The number of hydrogen-bond donors (Lipinski definition) is 4. The fourth-order valence-electron chi connectivity index (χ4n) is 3.39. The number of unbranched alkanes of at least 4 members (excludes halogenated alkanes) is 2. The first kappa shape index (κ1) is 31.1. The second kappa shape index (κ2) is 16.7. The molecule has 4 N–H and O–H groups in total. The maximum atomic E-state index is 11.8. The summed E-state index contributed by atoms with van der Waals surface area (Å²) in [5.41, 5.74) is 1.90. The van der Waals surface area contributed by atoms with Crippen LogP contribution in [0.1, 0.15) is 66.6 Å². The number of aliphatic hydroxyl groups is 1. The number of esters is 1. The third-order valence-electron chi connectivity index (χ3n) is 5.34. The van der Waals surface area contributed by atoms with E-state index in [0.29, 0.717) is 43.9 Å². The molecule has 0 aliphatic heterocycles. The van der Waals surface area contributed by atoms with Gasteiger partial charge in [0.1, 0.15) is 5.75 Å². The molecule has 2 rings (SSSR count). The largest absolute Gasteiger partial charge is 0.506 e. The Hall–Kier alpha value is -3.10. The molecular weight excluding hydrogens is 508 g/mol. The molecule has 0 aromatic heterocycles. The molecule has 0 heterocycles. The van der Waals surface area contributed by atoms with Crippen molar-refractivity contribution in [3.8, 4) is 17.6 Å². The molecule has 1 atom stereocenters. The Kier molecular flexibility index (Phi) is 13.7. The van der Waals surface area contributed by atoms with E-state index in [4.69, 9.17) is 9.47 Å². The molecule has 0 fully saturated rings. The lowest BCUT2D eigenvalue weighted by Gasteiger charge is -2.14. The molecule has 1 unspecified atom stereocenters. The van der Waals surface area contributed by atoms with E-state index >= 15 is 0 Å². The van der Waals surface area contributed by atoms with Crippen molar-refractivity contribution in [2.75, 3.05) is 43.9 Å². The first-order chi connectivity index (χ1) is 18.2. The second-order valence-corrected chi connectivity index (χ2v) is 10.6. The molecule has 208 valence electrons. The van der Waals surface area contributed by atoms with Gasteiger partial charge in [0.2, 0.25) is 10.0 Å². The molecule has 0 aliphatic rings. The summed E-state index contributed by atoms with van der Waals surface area (Å²) in [4.78, 5) is 11.8. The van der Waals surface area contributed by atoms with Gasteiger partial charge in [-0.15, -0.1) is 0 Å². The fourth-order valence-corrected chi connectivity index (χ4v) is 3.95. The number of benzene rings is 2.